The third-order valence-electron chi connectivity index (χ3n) is 17.0. The summed E-state index contributed by atoms with van der Waals surface area (Å²) in [4.78, 5) is 73.2. The highest BCUT2D eigenvalue weighted by molar-refractivity contribution is 7.47. The highest BCUT2D eigenvalue weighted by Crippen LogP contribution is 2.45. The van der Waals surface area contributed by atoms with Crippen LogP contribution in [0.4, 0.5) is 0 Å². The predicted molar refractivity (Wildman–Crippen MR) is 445 cm³/mol. The van der Waals surface area contributed by atoms with Gasteiger partial charge in [-0.25, -0.2) is 9.13 Å². The first kappa shape index (κ1) is 103. The van der Waals surface area contributed by atoms with Crippen molar-refractivity contribution in [1.29, 1.82) is 0 Å². The number of allylic oxidation sites excluding steroid dienone is 26. The van der Waals surface area contributed by atoms with E-state index in [1.165, 1.54) is 38.5 Å². The molecule has 0 aromatic rings. The van der Waals surface area contributed by atoms with Crippen LogP contribution in [0.5, 0.6) is 0 Å². The molecule has 108 heavy (non-hydrogen) atoms. The molecule has 0 saturated carbocycles. The summed E-state index contributed by atoms with van der Waals surface area (Å²) in [5.74, 6) is -2.30. The van der Waals surface area contributed by atoms with Gasteiger partial charge in [0.1, 0.15) is 19.3 Å². The minimum Gasteiger partial charge on any atom is -0.462 e. The maximum Gasteiger partial charge on any atom is 0.472 e. The van der Waals surface area contributed by atoms with Crippen molar-refractivity contribution in [3.8, 4) is 0 Å². The molecule has 0 bridgehead atoms. The van der Waals surface area contributed by atoms with E-state index in [2.05, 4.69) is 167 Å². The zero-order valence-electron chi connectivity index (χ0n) is 67.5. The summed E-state index contributed by atoms with van der Waals surface area (Å²) < 4.78 is 68.7. The van der Waals surface area contributed by atoms with Crippen molar-refractivity contribution in [2.45, 2.75) is 341 Å². The molecule has 0 aliphatic rings. The molecule has 0 spiro atoms. The Morgan fingerprint density at radius 3 is 0.806 bits per heavy atom. The molecule has 5 unspecified atom stereocenters. The Labute approximate surface area is 655 Å². The number of rotatable bonds is 77. The Balaban J connectivity index is 5.46. The van der Waals surface area contributed by atoms with Crippen molar-refractivity contribution in [2.24, 2.45) is 0 Å². The number of carbonyl (C=O) groups is 4. The lowest BCUT2D eigenvalue weighted by molar-refractivity contribution is -0.161. The molecule has 5 atom stereocenters. The molecule has 0 rings (SSSR count). The molecular formula is C89H148O17P2. The Hall–Kier alpha value is -5.32. The summed E-state index contributed by atoms with van der Waals surface area (Å²) in [6.07, 6.45) is 93.6. The van der Waals surface area contributed by atoms with Crippen LogP contribution in [0.2, 0.25) is 0 Å². The maximum absolute atomic E-state index is 13.1. The number of phosphoric ester groups is 2. The summed E-state index contributed by atoms with van der Waals surface area (Å²) >= 11 is 0. The molecular weight excluding hydrogens is 1400 g/mol. The molecule has 0 fully saturated rings. The Kier molecular flexibility index (Phi) is 75.8. The van der Waals surface area contributed by atoms with Crippen LogP contribution in [0, 0.1) is 0 Å². The summed E-state index contributed by atoms with van der Waals surface area (Å²) in [5.41, 5.74) is 0. The molecule has 3 N–H and O–H groups in total. The smallest absolute Gasteiger partial charge is 0.462 e. The van der Waals surface area contributed by atoms with Gasteiger partial charge in [0, 0.05) is 25.7 Å². The largest absolute Gasteiger partial charge is 0.472 e. The van der Waals surface area contributed by atoms with Gasteiger partial charge < -0.3 is 33.8 Å². The first-order valence-electron chi connectivity index (χ1n) is 41.7. The molecule has 0 saturated heterocycles. The lowest BCUT2D eigenvalue weighted by Crippen LogP contribution is -2.30. The molecule has 0 heterocycles. The van der Waals surface area contributed by atoms with Gasteiger partial charge in [0.25, 0.3) is 0 Å². The van der Waals surface area contributed by atoms with E-state index >= 15 is 0 Å². The molecule has 0 aromatic carbocycles. The Bertz CT molecular complexity index is 2660. The third-order valence-corrected chi connectivity index (χ3v) is 18.9. The predicted octanol–water partition coefficient (Wildman–Crippen LogP) is 24.8. The Morgan fingerprint density at radius 1 is 0.269 bits per heavy atom. The van der Waals surface area contributed by atoms with E-state index in [4.69, 9.17) is 37.0 Å². The maximum atomic E-state index is 13.1. The van der Waals surface area contributed by atoms with Crippen molar-refractivity contribution in [1.82, 2.24) is 0 Å². The highest BCUT2D eigenvalue weighted by Gasteiger charge is 2.30. The van der Waals surface area contributed by atoms with E-state index in [9.17, 15) is 43.2 Å². The molecule has 0 aromatic heterocycles. The normalized spacial score (nSPS) is 14.6. The number of phosphoric acid groups is 2. The number of hydrogen-bond acceptors (Lipinski definition) is 15. The number of aliphatic hydroxyl groups is 1. The first-order valence-corrected chi connectivity index (χ1v) is 44.7. The standard InChI is InChI=1S/C89H148O17P2/c1-5-9-13-17-21-25-29-33-37-40-41-44-47-50-54-58-62-66-70-74-87(92)100-80-85(106-89(94)76-72-68-64-60-56-52-48-43-39-35-31-27-23-19-15-11-7-3)82-104-108(97,98)102-78-83(90)77-101-107(95,96)103-81-84(105-88(93)75-71-67-63-59-55-51-45-36-32-28-24-20-16-12-8-4)79-99-86(91)73-69-65-61-57-53-49-46-42-38-34-30-26-22-18-14-10-6-2/h9-11,13-15,21-23,25-27,33-39,41,44-45,50,54,62,66,83-85,90H,5-8,12,16-20,24,28-32,40,42-43,46-49,51-53,55-61,63-65,67-82H2,1-4H3,(H,95,96)(H,97,98)/b13-9-,14-10-,15-11-,25-21-,26-22-,27-23-,37-33-,38-34-,39-35-,44-41-,45-36-,54-50-,66-62-. The fraction of sp³-hybridized carbons (Fsp3) is 0.663. The SMILES string of the molecule is CC/C=C\C/C=C\C/C=C\C/C=C\C/C=C\C/C=C\CCC(=O)OCC(COP(=O)(O)OCC(O)COP(=O)(O)OCC(COC(=O)CCCCCCCCC/C=C\C/C=C\C/C=C\CC)OC(=O)CCCCCCC/C=C\CCCCCCCC)OC(=O)CCCCCCCCC/C=C\C/C=C\C/C=C\CC. The molecule has 0 aliphatic carbocycles. The van der Waals surface area contributed by atoms with Crippen molar-refractivity contribution >= 4 is 39.5 Å². The van der Waals surface area contributed by atoms with Crippen LogP contribution < -0.4 is 0 Å². The van der Waals surface area contributed by atoms with Gasteiger partial charge in [-0.05, 0) is 154 Å². The van der Waals surface area contributed by atoms with Crippen molar-refractivity contribution < 1.29 is 80.2 Å². The van der Waals surface area contributed by atoms with Crippen LogP contribution in [-0.2, 0) is 65.4 Å². The van der Waals surface area contributed by atoms with Crippen LogP contribution in [0.3, 0.4) is 0 Å². The van der Waals surface area contributed by atoms with Gasteiger partial charge >= 0.3 is 39.5 Å². The summed E-state index contributed by atoms with van der Waals surface area (Å²) in [5, 5.41) is 10.7. The van der Waals surface area contributed by atoms with E-state index in [1.54, 1.807) is 0 Å². The summed E-state index contributed by atoms with van der Waals surface area (Å²) in [6.45, 7) is 4.44. The summed E-state index contributed by atoms with van der Waals surface area (Å²) in [7, 11) is -10.0. The number of hydrogen-bond donors (Lipinski definition) is 3. The Morgan fingerprint density at radius 2 is 0.500 bits per heavy atom. The van der Waals surface area contributed by atoms with Crippen LogP contribution in [0.25, 0.3) is 0 Å². The average Bonchev–Trinajstić information content (AvgIpc) is 0.906. The third kappa shape index (κ3) is 78.8. The zero-order chi connectivity index (χ0) is 78.9. The van der Waals surface area contributed by atoms with Crippen LogP contribution in [-0.4, -0.2) is 96.7 Å². The second kappa shape index (κ2) is 79.8. The molecule has 616 valence electrons. The monoisotopic (exact) mass is 1550 g/mol. The van der Waals surface area contributed by atoms with Crippen molar-refractivity contribution in [3.63, 3.8) is 0 Å². The van der Waals surface area contributed by atoms with E-state index in [1.807, 2.05) is 18.2 Å². The second-order valence-electron chi connectivity index (χ2n) is 27.3. The molecule has 19 heteroatoms. The van der Waals surface area contributed by atoms with E-state index in [0.717, 1.165) is 199 Å². The molecule has 0 amide bonds. The van der Waals surface area contributed by atoms with Gasteiger partial charge in [-0.3, -0.25) is 37.3 Å². The first-order chi connectivity index (χ1) is 52.7. The molecule has 0 radical (unpaired) electrons. The number of carbonyl (C=O) groups excluding carboxylic acids is 4. The van der Waals surface area contributed by atoms with Crippen molar-refractivity contribution in [2.75, 3.05) is 39.6 Å². The van der Waals surface area contributed by atoms with Crippen LogP contribution in [0.1, 0.15) is 323 Å². The van der Waals surface area contributed by atoms with Gasteiger partial charge in [0.2, 0.25) is 0 Å². The van der Waals surface area contributed by atoms with E-state index in [-0.39, 0.29) is 25.7 Å². The minimum absolute atomic E-state index is 0.0292. The minimum atomic E-state index is -5.01. The molecule has 0 aliphatic heterocycles. The topological polar surface area (TPSA) is 237 Å². The van der Waals surface area contributed by atoms with Gasteiger partial charge in [-0.15, -0.1) is 0 Å². The zero-order valence-corrected chi connectivity index (χ0v) is 69.3. The fourth-order valence-corrected chi connectivity index (χ4v) is 12.3. The fourth-order valence-electron chi connectivity index (χ4n) is 10.7. The lowest BCUT2D eigenvalue weighted by atomic mass is 10.1. The lowest BCUT2D eigenvalue weighted by Gasteiger charge is -2.21. The number of unbranched alkanes of at least 4 members (excludes halogenated alkanes) is 25. The van der Waals surface area contributed by atoms with Gasteiger partial charge in [-0.1, -0.05) is 301 Å². The molecule has 17 nitrogen and oxygen atoms in total. The number of aliphatic hydroxyl groups excluding tert-OH is 1. The summed E-state index contributed by atoms with van der Waals surface area (Å²) in [6, 6.07) is 0. The van der Waals surface area contributed by atoms with Gasteiger partial charge in [0.05, 0.1) is 26.4 Å². The van der Waals surface area contributed by atoms with Crippen LogP contribution >= 0.6 is 15.6 Å². The average molecular weight is 1550 g/mol. The van der Waals surface area contributed by atoms with E-state index in [0.29, 0.717) is 32.1 Å². The van der Waals surface area contributed by atoms with Crippen molar-refractivity contribution in [3.05, 3.63) is 158 Å². The van der Waals surface area contributed by atoms with Gasteiger partial charge in [0.15, 0.2) is 12.2 Å². The quantitative estimate of drug-likeness (QED) is 0.0169. The number of esters is 4. The van der Waals surface area contributed by atoms with Gasteiger partial charge in [-0.2, -0.15) is 0 Å². The highest BCUT2D eigenvalue weighted by atomic mass is 31.2. The number of ether oxygens (including phenoxy) is 4. The van der Waals surface area contributed by atoms with Crippen LogP contribution in [0.15, 0.2) is 158 Å². The van der Waals surface area contributed by atoms with E-state index < -0.39 is 97.5 Å². The second-order valence-corrected chi connectivity index (χ2v) is 30.2.